The minimum atomic E-state index is -3.63. The van der Waals surface area contributed by atoms with Crippen molar-refractivity contribution in [2.75, 3.05) is 39.5 Å². The number of carbonyl (C=O) groups excluding carboxylic acids is 1. The van der Waals surface area contributed by atoms with Crippen LogP contribution in [0, 0.1) is 0 Å². The van der Waals surface area contributed by atoms with Crippen LogP contribution in [0.2, 0.25) is 0 Å². The van der Waals surface area contributed by atoms with Crippen LogP contribution in [-0.4, -0.2) is 70.8 Å². The number of carbonyl (C=O) groups is 1. The molecule has 0 spiro atoms. The van der Waals surface area contributed by atoms with Crippen molar-refractivity contribution in [3.8, 4) is 0 Å². The topological polar surface area (TPSA) is 104 Å². The molecule has 0 unspecified atom stereocenters. The van der Waals surface area contributed by atoms with E-state index in [2.05, 4.69) is 5.32 Å². The second kappa shape index (κ2) is 9.45. The van der Waals surface area contributed by atoms with Gasteiger partial charge in [-0.1, -0.05) is 19.9 Å². The first-order chi connectivity index (χ1) is 12.0. The molecule has 1 aromatic rings. The highest BCUT2D eigenvalue weighted by atomic mass is 32.2. The maximum absolute atomic E-state index is 12.5. The SMILES string of the molecule is CCN(CC)S(=O)(=O)c1cccc(C(=O)NCCCN(C)S(C)(=O)=O)c1. The van der Waals surface area contributed by atoms with Crippen molar-refractivity contribution in [2.24, 2.45) is 0 Å². The molecule has 0 aliphatic heterocycles. The van der Waals surface area contributed by atoms with E-state index in [1.54, 1.807) is 19.9 Å². The van der Waals surface area contributed by atoms with Gasteiger partial charge in [0.15, 0.2) is 0 Å². The van der Waals surface area contributed by atoms with Crippen LogP contribution in [0.3, 0.4) is 0 Å². The Morgan fingerprint density at radius 2 is 1.73 bits per heavy atom. The van der Waals surface area contributed by atoms with Crippen molar-refractivity contribution in [1.82, 2.24) is 13.9 Å². The monoisotopic (exact) mass is 405 g/mol. The Kier molecular flexibility index (Phi) is 8.19. The van der Waals surface area contributed by atoms with Gasteiger partial charge in [0.1, 0.15) is 0 Å². The Morgan fingerprint density at radius 1 is 1.12 bits per heavy atom. The third-order valence-corrected chi connectivity index (χ3v) is 7.30. The molecule has 10 heteroatoms. The van der Waals surface area contributed by atoms with Gasteiger partial charge >= 0.3 is 0 Å². The van der Waals surface area contributed by atoms with E-state index in [-0.39, 0.29) is 23.5 Å². The summed E-state index contributed by atoms with van der Waals surface area (Å²) in [5.74, 6) is -0.399. The van der Waals surface area contributed by atoms with Crippen LogP contribution in [-0.2, 0) is 20.0 Å². The molecule has 1 amide bonds. The molecule has 26 heavy (non-hydrogen) atoms. The Balaban J connectivity index is 2.75. The van der Waals surface area contributed by atoms with Crippen molar-refractivity contribution < 1.29 is 21.6 Å². The van der Waals surface area contributed by atoms with E-state index in [0.717, 1.165) is 6.26 Å². The Morgan fingerprint density at radius 3 is 2.27 bits per heavy atom. The van der Waals surface area contributed by atoms with Crippen LogP contribution in [0.4, 0.5) is 0 Å². The zero-order valence-electron chi connectivity index (χ0n) is 15.6. The van der Waals surface area contributed by atoms with Crippen LogP contribution in [0.1, 0.15) is 30.6 Å². The molecule has 1 N–H and O–H groups in total. The predicted molar refractivity (Wildman–Crippen MR) is 101 cm³/mol. The summed E-state index contributed by atoms with van der Waals surface area (Å²) >= 11 is 0. The van der Waals surface area contributed by atoms with E-state index in [1.807, 2.05) is 0 Å². The van der Waals surface area contributed by atoms with Gasteiger partial charge in [-0.3, -0.25) is 4.79 Å². The largest absolute Gasteiger partial charge is 0.352 e. The summed E-state index contributed by atoms with van der Waals surface area (Å²) in [7, 11) is -5.40. The van der Waals surface area contributed by atoms with Crippen LogP contribution in [0.25, 0.3) is 0 Å². The second-order valence-electron chi connectivity index (χ2n) is 5.81. The molecule has 148 valence electrons. The number of nitrogens with one attached hydrogen (secondary N) is 1. The highest BCUT2D eigenvalue weighted by molar-refractivity contribution is 7.89. The van der Waals surface area contributed by atoms with Crippen LogP contribution in [0.5, 0.6) is 0 Å². The second-order valence-corrected chi connectivity index (χ2v) is 9.84. The summed E-state index contributed by atoms with van der Waals surface area (Å²) in [5.41, 5.74) is 0.245. The summed E-state index contributed by atoms with van der Waals surface area (Å²) in [6.45, 7) is 4.78. The lowest BCUT2D eigenvalue weighted by Crippen LogP contribution is -2.32. The highest BCUT2D eigenvalue weighted by Gasteiger charge is 2.22. The molecule has 0 atom stereocenters. The van der Waals surface area contributed by atoms with Gasteiger partial charge in [-0.25, -0.2) is 21.1 Å². The smallest absolute Gasteiger partial charge is 0.251 e. The molecule has 0 aromatic heterocycles. The van der Waals surface area contributed by atoms with Gasteiger partial charge in [0.25, 0.3) is 5.91 Å². The molecule has 0 heterocycles. The maximum Gasteiger partial charge on any atom is 0.251 e. The van der Waals surface area contributed by atoms with Gasteiger partial charge in [0, 0.05) is 38.8 Å². The van der Waals surface area contributed by atoms with Crippen LogP contribution < -0.4 is 5.32 Å². The molecular formula is C16H27N3O5S2. The molecule has 0 saturated carbocycles. The summed E-state index contributed by atoms with van der Waals surface area (Å²) in [6.07, 6.45) is 1.57. The van der Waals surface area contributed by atoms with Crippen LogP contribution in [0.15, 0.2) is 29.2 Å². The van der Waals surface area contributed by atoms with Gasteiger partial charge in [-0.05, 0) is 24.6 Å². The van der Waals surface area contributed by atoms with Crippen molar-refractivity contribution in [1.29, 1.82) is 0 Å². The fraction of sp³-hybridized carbons (Fsp3) is 0.562. The van der Waals surface area contributed by atoms with Gasteiger partial charge in [0.05, 0.1) is 11.2 Å². The number of hydrogen-bond donors (Lipinski definition) is 1. The number of nitrogens with zero attached hydrogens (tertiary/aromatic N) is 2. The predicted octanol–water partition coefficient (Wildman–Crippen LogP) is 0.728. The Hall–Kier alpha value is -1.49. The Bertz CT molecular complexity index is 818. The van der Waals surface area contributed by atoms with Crippen molar-refractivity contribution >= 4 is 26.0 Å². The molecule has 8 nitrogen and oxygen atoms in total. The lowest BCUT2D eigenvalue weighted by Gasteiger charge is -2.18. The van der Waals surface area contributed by atoms with E-state index in [4.69, 9.17) is 0 Å². The first-order valence-corrected chi connectivity index (χ1v) is 11.6. The molecule has 1 rings (SSSR count). The van der Waals surface area contributed by atoms with Crippen LogP contribution >= 0.6 is 0 Å². The van der Waals surface area contributed by atoms with E-state index < -0.39 is 26.0 Å². The first kappa shape index (κ1) is 22.6. The number of hydrogen-bond acceptors (Lipinski definition) is 5. The molecule has 0 bridgehead atoms. The van der Waals surface area contributed by atoms with Gasteiger partial charge in [-0.2, -0.15) is 4.31 Å². The normalized spacial score (nSPS) is 12.5. The van der Waals surface area contributed by atoms with E-state index >= 15 is 0 Å². The molecule has 0 saturated heterocycles. The minimum absolute atomic E-state index is 0.0747. The van der Waals surface area contributed by atoms with Gasteiger partial charge < -0.3 is 5.32 Å². The van der Waals surface area contributed by atoms with Crippen molar-refractivity contribution in [2.45, 2.75) is 25.2 Å². The highest BCUT2D eigenvalue weighted by Crippen LogP contribution is 2.17. The average Bonchev–Trinajstić information content (AvgIpc) is 2.58. The fourth-order valence-corrected chi connectivity index (χ4v) is 4.25. The molecular weight excluding hydrogens is 378 g/mol. The Labute approximate surface area is 156 Å². The average molecular weight is 406 g/mol. The summed E-state index contributed by atoms with van der Waals surface area (Å²) in [4.78, 5) is 12.3. The van der Waals surface area contributed by atoms with Crippen molar-refractivity contribution in [3.63, 3.8) is 0 Å². The number of sulfonamides is 2. The number of rotatable bonds is 10. The molecule has 1 aromatic carbocycles. The maximum atomic E-state index is 12.5. The summed E-state index contributed by atoms with van der Waals surface area (Å²) in [5, 5.41) is 2.67. The molecule has 0 aliphatic rings. The lowest BCUT2D eigenvalue weighted by atomic mass is 10.2. The first-order valence-electron chi connectivity index (χ1n) is 8.33. The number of benzene rings is 1. The third-order valence-electron chi connectivity index (χ3n) is 3.94. The van der Waals surface area contributed by atoms with Crippen molar-refractivity contribution in [3.05, 3.63) is 29.8 Å². The standard InChI is InChI=1S/C16H27N3O5S2/c1-5-19(6-2)26(23,24)15-10-7-9-14(13-15)16(20)17-11-8-12-18(3)25(4,21)22/h7,9-10,13H,5-6,8,11-12H2,1-4H3,(H,17,20). The van der Waals surface area contributed by atoms with E-state index in [0.29, 0.717) is 19.5 Å². The molecule has 0 fully saturated rings. The van der Waals surface area contributed by atoms with E-state index in [9.17, 15) is 21.6 Å². The summed E-state index contributed by atoms with van der Waals surface area (Å²) in [6, 6.07) is 5.89. The zero-order chi connectivity index (χ0) is 20.0. The van der Waals surface area contributed by atoms with Gasteiger partial charge in [0.2, 0.25) is 20.0 Å². The molecule has 0 radical (unpaired) electrons. The summed E-state index contributed by atoms with van der Waals surface area (Å²) < 4.78 is 50.2. The number of amides is 1. The third kappa shape index (κ3) is 6.04. The van der Waals surface area contributed by atoms with Gasteiger partial charge in [-0.15, -0.1) is 0 Å². The van der Waals surface area contributed by atoms with E-state index in [1.165, 1.54) is 33.9 Å². The quantitative estimate of drug-likeness (QED) is 0.578. The molecule has 0 aliphatic carbocycles. The zero-order valence-corrected chi connectivity index (χ0v) is 17.2. The minimum Gasteiger partial charge on any atom is -0.352 e. The lowest BCUT2D eigenvalue weighted by molar-refractivity contribution is 0.0952. The fourth-order valence-electron chi connectivity index (χ4n) is 2.28.